The zero-order valence-corrected chi connectivity index (χ0v) is 12.4. The number of nitrogens with one attached hydrogen (secondary N) is 2. The van der Waals surface area contributed by atoms with Crippen LogP contribution in [0.2, 0.25) is 0 Å². The Labute approximate surface area is 122 Å². The number of imidazole rings is 1. The standard InChI is InChI=1S/C14H18FN3OS/c1-3-9(2)16-13(19)6-7-18-12-8-10(15)4-5-11(12)17-14(18)20/h4-5,8-9H,3,6-7H2,1-2H3,(H,16,19)(H,17,20). The zero-order valence-electron chi connectivity index (χ0n) is 11.6. The average molecular weight is 295 g/mol. The van der Waals surface area contributed by atoms with Gasteiger partial charge in [-0.05, 0) is 43.8 Å². The van der Waals surface area contributed by atoms with Crippen LogP contribution in [0.3, 0.4) is 0 Å². The molecule has 0 aliphatic carbocycles. The highest BCUT2D eigenvalue weighted by Gasteiger charge is 2.09. The quantitative estimate of drug-likeness (QED) is 0.833. The molecule has 1 aromatic carbocycles. The fourth-order valence-electron chi connectivity index (χ4n) is 2.01. The topological polar surface area (TPSA) is 49.8 Å². The predicted molar refractivity (Wildman–Crippen MR) is 79.6 cm³/mol. The van der Waals surface area contributed by atoms with Gasteiger partial charge in [0.2, 0.25) is 5.91 Å². The highest BCUT2D eigenvalue weighted by Crippen LogP contribution is 2.16. The van der Waals surface area contributed by atoms with E-state index >= 15 is 0 Å². The van der Waals surface area contributed by atoms with Gasteiger partial charge in [-0.25, -0.2) is 4.39 Å². The minimum atomic E-state index is -0.315. The van der Waals surface area contributed by atoms with Crippen molar-refractivity contribution in [3.05, 3.63) is 28.8 Å². The molecule has 0 spiro atoms. The molecule has 0 aliphatic rings. The first-order valence-corrected chi connectivity index (χ1v) is 7.09. The Morgan fingerprint density at radius 2 is 2.30 bits per heavy atom. The molecular weight excluding hydrogens is 277 g/mol. The van der Waals surface area contributed by atoms with Crippen molar-refractivity contribution in [3.8, 4) is 0 Å². The van der Waals surface area contributed by atoms with Crippen molar-refractivity contribution in [1.82, 2.24) is 14.9 Å². The number of amides is 1. The van der Waals surface area contributed by atoms with Crippen molar-refractivity contribution in [2.75, 3.05) is 0 Å². The number of nitrogens with zero attached hydrogens (tertiary/aromatic N) is 1. The molecule has 0 saturated carbocycles. The van der Waals surface area contributed by atoms with Crippen molar-refractivity contribution >= 4 is 29.2 Å². The third-order valence-corrected chi connectivity index (χ3v) is 3.64. The summed E-state index contributed by atoms with van der Waals surface area (Å²) in [6, 6.07) is 4.62. The molecule has 1 heterocycles. The molecule has 1 atom stereocenters. The van der Waals surface area contributed by atoms with Crippen LogP contribution in [-0.2, 0) is 11.3 Å². The summed E-state index contributed by atoms with van der Waals surface area (Å²) in [7, 11) is 0. The van der Waals surface area contributed by atoms with Gasteiger partial charge in [0.1, 0.15) is 5.82 Å². The number of hydrogen-bond acceptors (Lipinski definition) is 2. The summed E-state index contributed by atoms with van der Waals surface area (Å²) in [6.45, 7) is 4.42. The van der Waals surface area contributed by atoms with Gasteiger partial charge in [0.05, 0.1) is 11.0 Å². The van der Waals surface area contributed by atoms with Crippen molar-refractivity contribution in [2.24, 2.45) is 0 Å². The van der Waals surface area contributed by atoms with Gasteiger partial charge < -0.3 is 14.9 Å². The van der Waals surface area contributed by atoms with Gasteiger partial charge in [-0.3, -0.25) is 4.79 Å². The number of hydrogen-bond donors (Lipinski definition) is 2. The lowest BCUT2D eigenvalue weighted by Crippen LogP contribution is -2.32. The number of fused-ring (bicyclic) bond motifs is 1. The fourth-order valence-corrected chi connectivity index (χ4v) is 2.31. The fraction of sp³-hybridized carbons (Fsp3) is 0.429. The van der Waals surface area contributed by atoms with Gasteiger partial charge in [0.15, 0.2) is 4.77 Å². The van der Waals surface area contributed by atoms with E-state index in [1.807, 2.05) is 13.8 Å². The first-order valence-electron chi connectivity index (χ1n) is 6.68. The Bertz CT molecular complexity index is 677. The Balaban J connectivity index is 2.14. The smallest absolute Gasteiger partial charge is 0.222 e. The third-order valence-electron chi connectivity index (χ3n) is 3.32. The van der Waals surface area contributed by atoms with Crippen LogP contribution >= 0.6 is 12.2 Å². The molecule has 2 aromatic rings. The van der Waals surface area contributed by atoms with Crippen LogP contribution in [0.15, 0.2) is 18.2 Å². The summed E-state index contributed by atoms with van der Waals surface area (Å²) in [4.78, 5) is 14.8. The molecule has 0 saturated heterocycles. The van der Waals surface area contributed by atoms with Gasteiger partial charge >= 0.3 is 0 Å². The van der Waals surface area contributed by atoms with Crippen molar-refractivity contribution in [3.63, 3.8) is 0 Å². The number of halogens is 1. The van der Waals surface area contributed by atoms with E-state index in [4.69, 9.17) is 12.2 Å². The minimum absolute atomic E-state index is 0.0213. The maximum absolute atomic E-state index is 13.3. The summed E-state index contributed by atoms with van der Waals surface area (Å²) in [5.41, 5.74) is 1.46. The lowest BCUT2D eigenvalue weighted by Gasteiger charge is -2.11. The Morgan fingerprint density at radius 3 is 3.00 bits per heavy atom. The number of carbonyl (C=O) groups is 1. The summed E-state index contributed by atoms with van der Waals surface area (Å²) in [5, 5.41) is 2.90. The van der Waals surface area contributed by atoms with E-state index in [0.29, 0.717) is 23.3 Å². The van der Waals surface area contributed by atoms with Crippen LogP contribution in [0, 0.1) is 10.6 Å². The molecule has 20 heavy (non-hydrogen) atoms. The lowest BCUT2D eigenvalue weighted by molar-refractivity contribution is -0.121. The molecule has 108 valence electrons. The average Bonchev–Trinajstić information content (AvgIpc) is 2.71. The number of benzene rings is 1. The van der Waals surface area contributed by atoms with Gasteiger partial charge in [-0.15, -0.1) is 0 Å². The highest BCUT2D eigenvalue weighted by molar-refractivity contribution is 7.71. The first kappa shape index (κ1) is 14.7. The van der Waals surface area contributed by atoms with E-state index in [2.05, 4.69) is 10.3 Å². The van der Waals surface area contributed by atoms with E-state index in [1.165, 1.54) is 12.1 Å². The summed E-state index contributed by atoms with van der Waals surface area (Å²) < 4.78 is 15.6. The molecule has 6 heteroatoms. The van der Waals surface area contributed by atoms with Gasteiger partial charge in [-0.1, -0.05) is 6.92 Å². The molecular formula is C14H18FN3OS. The van der Waals surface area contributed by atoms with Gasteiger partial charge in [0.25, 0.3) is 0 Å². The lowest BCUT2D eigenvalue weighted by atomic mass is 10.2. The highest BCUT2D eigenvalue weighted by atomic mass is 32.1. The maximum atomic E-state index is 13.3. The Hall–Kier alpha value is -1.69. The van der Waals surface area contributed by atoms with Crippen LogP contribution < -0.4 is 5.32 Å². The number of aromatic nitrogens is 2. The molecule has 4 nitrogen and oxygen atoms in total. The molecule has 2 rings (SSSR count). The molecule has 0 bridgehead atoms. The largest absolute Gasteiger partial charge is 0.354 e. The van der Waals surface area contributed by atoms with Crippen molar-refractivity contribution < 1.29 is 9.18 Å². The van der Waals surface area contributed by atoms with E-state index in [0.717, 1.165) is 11.9 Å². The molecule has 1 aromatic heterocycles. The summed E-state index contributed by atoms with van der Waals surface area (Å²) in [6.07, 6.45) is 1.21. The molecule has 0 aliphatic heterocycles. The molecule has 2 N–H and O–H groups in total. The molecule has 0 fully saturated rings. The first-order chi connectivity index (χ1) is 9.51. The Kier molecular flexibility index (Phi) is 4.54. The number of aromatic amines is 1. The SMILES string of the molecule is CCC(C)NC(=O)CCn1c(=S)[nH]c2ccc(F)cc21. The van der Waals surface area contributed by atoms with E-state index in [1.54, 1.807) is 10.6 Å². The second-order valence-corrected chi connectivity index (χ2v) is 5.26. The number of H-pyrrole nitrogens is 1. The van der Waals surface area contributed by atoms with Crippen LogP contribution in [0.1, 0.15) is 26.7 Å². The van der Waals surface area contributed by atoms with E-state index in [9.17, 15) is 9.18 Å². The van der Waals surface area contributed by atoms with Crippen LogP contribution in [-0.4, -0.2) is 21.5 Å². The van der Waals surface area contributed by atoms with E-state index in [-0.39, 0.29) is 17.8 Å². The molecule has 1 amide bonds. The van der Waals surface area contributed by atoms with Crippen molar-refractivity contribution in [1.29, 1.82) is 0 Å². The van der Waals surface area contributed by atoms with E-state index < -0.39 is 0 Å². The van der Waals surface area contributed by atoms with Crippen LogP contribution in [0.25, 0.3) is 11.0 Å². The minimum Gasteiger partial charge on any atom is -0.354 e. The van der Waals surface area contributed by atoms with Gasteiger partial charge in [-0.2, -0.15) is 0 Å². The summed E-state index contributed by atoms with van der Waals surface area (Å²) in [5.74, 6) is -0.337. The number of carbonyl (C=O) groups excluding carboxylic acids is 1. The molecule has 0 radical (unpaired) electrons. The summed E-state index contributed by atoms with van der Waals surface area (Å²) >= 11 is 5.21. The normalized spacial score (nSPS) is 12.6. The van der Waals surface area contributed by atoms with Crippen molar-refractivity contribution in [2.45, 2.75) is 39.3 Å². The second kappa shape index (κ2) is 6.17. The maximum Gasteiger partial charge on any atom is 0.222 e. The Morgan fingerprint density at radius 1 is 1.55 bits per heavy atom. The predicted octanol–water partition coefficient (Wildman–Crippen LogP) is 3.14. The van der Waals surface area contributed by atoms with Crippen LogP contribution in [0.4, 0.5) is 4.39 Å². The molecule has 1 unspecified atom stereocenters. The van der Waals surface area contributed by atoms with Crippen LogP contribution in [0.5, 0.6) is 0 Å². The zero-order chi connectivity index (χ0) is 14.7. The third kappa shape index (κ3) is 3.25. The number of rotatable bonds is 5. The number of aryl methyl sites for hydroxylation is 1. The second-order valence-electron chi connectivity index (χ2n) is 4.87. The monoisotopic (exact) mass is 295 g/mol. The van der Waals surface area contributed by atoms with Gasteiger partial charge in [0, 0.05) is 19.0 Å².